The summed E-state index contributed by atoms with van der Waals surface area (Å²) in [5.41, 5.74) is 2.10. The SMILES string of the molecule is CCNC(C)c1cc(F)ccc1N(CCOC)CC(C)C. The highest BCUT2D eigenvalue weighted by molar-refractivity contribution is 5.55. The van der Waals surface area contributed by atoms with Crippen LogP contribution in [0, 0.1) is 11.7 Å². The van der Waals surface area contributed by atoms with Gasteiger partial charge in [-0.3, -0.25) is 0 Å². The summed E-state index contributed by atoms with van der Waals surface area (Å²) in [7, 11) is 1.71. The standard InChI is InChI=1S/C17H29FN2O/c1-6-19-14(4)16-11-15(18)7-8-17(16)20(9-10-21-5)12-13(2)3/h7-8,11,13-14,19H,6,9-10,12H2,1-5H3. The van der Waals surface area contributed by atoms with Gasteiger partial charge in [0.1, 0.15) is 5.82 Å². The van der Waals surface area contributed by atoms with Crippen molar-refractivity contribution in [2.45, 2.75) is 33.7 Å². The molecule has 0 radical (unpaired) electrons. The second-order valence-corrected chi connectivity index (χ2v) is 5.82. The number of ether oxygens (including phenoxy) is 1. The van der Waals surface area contributed by atoms with Crippen LogP contribution in [0.15, 0.2) is 18.2 Å². The number of benzene rings is 1. The van der Waals surface area contributed by atoms with E-state index >= 15 is 0 Å². The molecule has 0 saturated heterocycles. The van der Waals surface area contributed by atoms with Crippen molar-refractivity contribution in [2.75, 3.05) is 38.3 Å². The summed E-state index contributed by atoms with van der Waals surface area (Å²) in [5.74, 6) is 0.351. The lowest BCUT2D eigenvalue weighted by Gasteiger charge is -2.30. The van der Waals surface area contributed by atoms with Gasteiger partial charge in [-0.15, -0.1) is 0 Å². The minimum Gasteiger partial charge on any atom is -0.383 e. The quantitative estimate of drug-likeness (QED) is 0.753. The highest BCUT2D eigenvalue weighted by Crippen LogP contribution is 2.28. The number of anilines is 1. The van der Waals surface area contributed by atoms with Crippen molar-refractivity contribution in [3.63, 3.8) is 0 Å². The monoisotopic (exact) mass is 296 g/mol. The highest BCUT2D eigenvalue weighted by Gasteiger charge is 2.17. The van der Waals surface area contributed by atoms with Crippen LogP contribution >= 0.6 is 0 Å². The van der Waals surface area contributed by atoms with E-state index in [0.717, 1.165) is 30.9 Å². The van der Waals surface area contributed by atoms with E-state index in [1.807, 2.05) is 6.07 Å². The normalized spacial score (nSPS) is 12.7. The van der Waals surface area contributed by atoms with Gasteiger partial charge in [-0.1, -0.05) is 20.8 Å². The van der Waals surface area contributed by atoms with Crippen LogP contribution in [-0.2, 0) is 4.74 Å². The number of methoxy groups -OCH3 is 1. The molecule has 1 aromatic carbocycles. The molecule has 0 spiro atoms. The van der Waals surface area contributed by atoms with Gasteiger partial charge in [-0.2, -0.15) is 0 Å². The topological polar surface area (TPSA) is 24.5 Å². The highest BCUT2D eigenvalue weighted by atomic mass is 19.1. The van der Waals surface area contributed by atoms with Gasteiger partial charge in [0.25, 0.3) is 0 Å². The molecule has 120 valence electrons. The fraction of sp³-hybridized carbons (Fsp3) is 0.647. The Hall–Kier alpha value is -1.13. The molecule has 0 heterocycles. The fourth-order valence-electron chi connectivity index (χ4n) is 2.53. The largest absolute Gasteiger partial charge is 0.383 e. The molecular weight excluding hydrogens is 267 g/mol. The molecule has 0 aromatic heterocycles. The maximum absolute atomic E-state index is 13.7. The molecular formula is C17H29FN2O. The Balaban J connectivity index is 3.09. The van der Waals surface area contributed by atoms with Gasteiger partial charge in [0.05, 0.1) is 6.61 Å². The maximum atomic E-state index is 13.7. The van der Waals surface area contributed by atoms with Gasteiger partial charge in [-0.05, 0) is 43.1 Å². The van der Waals surface area contributed by atoms with E-state index < -0.39 is 0 Å². The third kappa shape index (κ3) is 5.64. The molecule has 1 aromatic rings. The molecule has 1 atom stereocenters. The lowest BCUT2D eigenvalue weighted by Crippen LogP contribution is -2.33. The van der Waals surface area contributed by atoms with E-state index in [9.17, 15) is 4.39 Å². The summed E-state index contributed by atoms with van der Waals surface area (Å²) in [6, 6.07) is 5.19. The zero-order valence-electron chi connectivity index (χ0n) is 13.9. The van der Waals surface area contributed by atoms with Crippen LogP contribution in [0.25, 0.3) is 0 Å². The van der Waals surface area contributed by atoms with E-state index in [0.29, 0.717) is 12.5 Å². The summed E-state index contributed by atoms with van der Waals surface area (Å²) < 4.78 is 18.9. The van der Waals surface area contributed by atoms with Crippen LogP contribution in [0.1, 0.15) is 39.3 Å². The first-order valence-electron chi connectivity index (χ1n) is 7.76. The number of hydrogen-bond acceptors (Lipinski definition) is 3. The predicted molar refractivity (Wildman–Crippen MR) is 87.4 cm³/mol. The smallest absolute Gasteiger partial charge is 0.123 e. The molecule has 0 bridgehead atoms. The van der Waals surface area contributed by atoms with Gasteiger partial charge in [-0.25, -0.2) is 4.39 Å². The van der Waals surface area contributed by atoms with Gasteiger partial charge in [0.15, 0.2) is 0 Å². The molecule has 1 N–H and O–H groups in total. The van der Waals surface area contributed by atoms with Gasteiger partial charge in [0.2, 0.25) is 0 Å². The van der Waals surface area contributed by atoms with Crippen molar-refractivity contribution in [2.24, 2.45) is 5.92 Å². The summed E-state index contributed by atoms with van der Waals surface area (Å²) in [5, 5.41) is 3.37. The van der Waals surface area contributed by atoms with E-state index in [-0.39, 0.29) is 11.9 Å². The van der Waals surface area contributed by atoms with E-state index in [1.54, 1.807) is 13.2 Å². The van der Waals surface area contributed by atoms with Crippen molar-refractivity contribution in [3.05, 3.63) is 29.6 Å². The first kappa shape index (κ1) is 17.9. The molecule has 3 nitrogen and oxygen atoms in total. The number of halogens is 1. The van der Waals surface area contributed by atoms with Gasteiger partial charge in [0, 0.05) is 31.9 Å². The Morgan fingerprint density at radius 3 is 2.57 bits per heavy atom. The van der Waals surface area contributed by atoms with Crippen LogP contribution in [0.5, 0.6) is 0 Å². The Morgan fingerprint density at radius 1 is 1.29 bits per heavy atom. The second kappa shape index (κ2) is 9.00. The molecule has 1 unspecified atom stereocenters. The van der Waals surface area contributed by atoms with Crippen LogP contribution in [0.4, 0.5) is 10.1 Å². The molecule has 4 heteroatoms. The summed E-state index contributed by atoms with van der Waals surface area (Å²) >= 11 is 0. The molecule has 21 heavy (non-hydrogen) atoms. The van der Waals surface area contributed by atoms with E-state index in [1.165, 1.54) is 6.07 Å². The van der Waals surface area contributed by atoms with Crippen LogP contribution in [0.3, 0.4) is 0 Å². The number of nitrogens with zero attached hydrogens (tertiary/aromatic N) is 1. The zero-order chi connectivity index (χ0) is 15.8. The molecule has 0 amide bonds. The van der Waals surface area contributed by atoms with Crippen LogP contribution < -0.4 is 10.2 Å². The molecule has 0 saturated carbocycles. The van der Waals surface area contributed by atoms with Crippen molar-refractivity contribution < 1.29 is 9.13 Å². The summed E-state index contributed by atoms with van der Waals surface area (Å²) in [4.78, 5) is 2.29. The van der Waals surface area contributed by atoms with E-state index in [2.05, 4.69) is 37.9 Å². The van der Waals surface area contributed by atoms with Crippen molar-refractivity contribution in [1.82, 2.24) is 5.32 Å². The Bertz CT molecular complexity index is 423. The van der Waals surface area contributed by atoms with Gasteiger partial charge >= 0.3 is 0 Å². The molecule has 0 fully saturated rings. The van der Waals surface area contributed by atoms with Crippen molar-refractivity contribution in [1.29, 1.82) is 0 Å². The lowest BCUT2D eigenvalue weighted by molar-refractivity contribution is 0.204. The fourth-order valence-corrected chi connectivity index (χ4v) is 2.53. The lowest BCUT2D eigenvalue weighted by atomic mass is 10.0. The predicted octanol–water partition coefficient (Wildman–Crippen LogP) is 3.61. The molecule has 0 aliphatic rings. The first-order valence-corrected chi connectivity index (χ1v) is 7.76. The average molecular weight is 296 g/mol. The summed E-state index contributed by atoms with van der Waals surface area (Å²) in [6.45, 7) is 11.8. The van der Waals surface area contributed by atoms with Crippen LogP contribution in [0.2, 0.25) is 0 Å². The third-order valence-electron chi connectivity index (χ3n) is 3.46. The van der Waals surface area contributed by atoms with E-state index in [4.69, 9.17) is 4.74 Å². The Kier molecular flexibility index (Phi) is 7.68. The van der Waals surface area contributed by atoms with Crippen LogP contribution in [-0.4, -0.2) is 33.4 Å². The van der Waals surface area contributed by atoms with Crippen molar-refractivity contribution in [3.8, 4) is 0 Å². The minimum atomic E-state index is -0.185. The molecule has 0 aliphatic heterocycles. The van der Waals surface area contributed by atoms with Gasteiger partial charge < -0.3 is 15.0 Å². The Labute approximate surface area is 128 Å². The molecule has 0 aliphatic carbocycles. The second-order valence-electron chi connectivity index (χ2n) is 5.82. The maximum Gasteiger partial charge on any atom is 0.123 e. The number of hydrogen-bond donors (Lipinski definition) is 1. The zero-order valence-corrected chi connectivity index (χ0v) is 13.9. The minimum absolute atomic E-state index is 0.123. The average Bonchev–Trinajstić information content (AvgIpc) is 2.43. The molecule has 1 rings (SSSR count). The Morgan fingerprint density at radius 2 is 2.00 bits per heavy atom. The number of nitrogens with one attached hydrogen (secondary N) is 1. The third-order valence-corrected chi connectivity index (χ3v) is 3.46. The number of rotatable bonds is 9. The summed E-state index contributed by atoms with van der Waals surface area (Å²) in [6.07, 6.45) is 0. The first-order chi connectivity index (χ1) is 9.99. The van der Waals surface area contributed by atoms with Crippen molar-refractivity contribution >= 4 is 5.69 Å².